The predicted octanol–water partition coefficient (Wildman–Crippen LogP) is 4.48. The summed E-state index contributed by atoms with van der Waals surface area (Å²) >= 11 is 0. The number of benzene rings is 2. The molecule has 0 aliphatic carbocycles. The van der Waals surface area contributed by atoms with Crippen LogP contribution in [0.2, 0.25) is 0 Å². The first-order valence-electron chi connectivity index (χ1n) is 5.80. The molecule has 0 saturated heterocycles. The molecule has 2 aromatic carbocycles. The Morgan fingerprint density at radius 3 is 2.38 bits per heavy atom. The van der Waals surface area contributed by atoms with Gasteiger partial charge in [0.25, 0.3) is 0 Å². The maximum absolute atomic E-state index is 12.5. The zero-order chi connectivity index (χ0) is 11.5. The van der Waals surface area contributed by atoms with Gasteiger partial charge in [0, 0.05) is 6.42 Å². The Balaban J connectivity index is 2.71. The maximum Gasteiger partial charge on any atom is 0.0934 e. The molecular weight excluding hydrogens is 199 g/mol. The summed E-state index contributed by atoms with van der Waals surface area (Å²) in [6, 6.07) is 12.5. The highest BCUT2D eigenvalue weighted by Gasteiger charge is 2.08. The van der Waals surface area contributed by atoms with E-state index in [1.54, 1.807) is 0 Å². The summed E-state index contributed by atoms with van der Waals surface area (Å²) in [7, 11) is 0. The van der Waals surface area contributed by atoms with E-state index in [1.807, 2.05) is 12.1 Å². The quantitative estimate of drug-likeness (QED) is 0.709. The van der Waals surface area contributed by atoms with Gasteiger partial charge in [-0.2, -0.15) is 0 Å². The van der Waals surface area contributed by atoms with Crippen molar-refractivity contribution in [3.63, 3.8) is 0 Å². The summed E-state index contributed by atoms with van der Waals surface area (Å²) < 4.78 is 12.5. The van der Waals surface area contributed by atoms with Crippen LogP contribution in [0.1, 0.15) is 30.9 Å². The van der Waals surface area contributed by atoms with Crippen molar-refractivity contribution in [1.29, 1.82) is 0 Å². The summed E-state index contributed by atoms with van der Waals surface area (Å²) in [5.74, 6) is 0.476. The molecule has 0 nitrogen and oxygen atoms in total. The minimum absolute atomic E-state index is 0.286. The van der Waals surface area contributed by atoms with Crippen LogP contribution >= 0.6 is 0 Å². The van der Waals surface area contributed by atoms with Gasteiger partial charge in [-0.05, 0) is 27.8 Å². The third kappa shape index (κ3) is 1.95. The van der Waals surface area contributed by atoms with Crippen molar-refractivity contribution >= 4 is 10.8 Å². The number of halogens is 1. The molecule has 0 aliphatic heterocycles. The summed E-state index contributed by atoms with van der Waals surface area (Å²) in [6.07, 6.45) is 0.515. The topological polar surface area (TPSA) is 0 Å². The Labute approximate surface area is 96.1 Å². The summed E-state index contributed by atoms with van der Waals surface area (Å²) in [6.45, 7) is 4.08. The second-order valence-corrected chi connectivity index (χ2v) is 4.46. The van der Waals surface area contributed by atoms with E-state index in [4.69, 9.17) is 0 Å². The van der Waals surface area contributed by atoms with Crippen LogP contribution in [-0.2, 0) is 6.42 Å². The first kappa shape index (κ1) is 11.1. The molecule has 84 valence electrons. The van der Waals surface area contributed by atoms with Crippen LogP contribution < -0.4 is 0 Å². The molecule has 0 aliphatic rings. The average Bonchev–Trinajstić information content (AvgIpc) is 2.29. The molecule has 0 bridgehead atoms. The van der Waals surface area contributed by atoms with Gasteiger partial charge in [0.2, 0.25) is 0 Å². The largest absolute Gasteiger partial charge is 0.251 e. The Morgan fingerprint density at radius 1 is 1.06 bits per heavy atom. The van der Waals surface area contributed by atoms with Crippen molar-refractivity contribution in [2.45, 2.75) is 26.2 Å². The predicted molar refractivity (Wildman–Crippen MR) is 67.7 cm³/mol. The Kier molecular flexibility index (Phi) is 3.23. The number of hydrogen-bond acceptors (Lipinski definition) is 0. The number of rotatable bonds is 3. The lowest BCUT2D eigenvalue weighted by Crippen LogP contribution is -1.95. The first-order chi connectivity index (χ1) is 7.74. The fourth-order valence-electron chi connectivity index (χ4n) is 2.24. The van der Waals surface area contributed by atoms with E-state index in [0.717, 1.165) is 5.56 Å². The number of fused-ring (bicyclic) bond motifs is 1. The molecule has 0 spiro atoms. The summed E-state index contributed by atoms with van der Waals surface area (Å²) in [5.41, 5.74) is 2.45. The van der Waals surface area contributed by atoms with Crippen LogP contribution in [0.15, 0.2) is 36.4 Å². The Morgan fingerprint density at radius 2 is 1.75 bits per heavy atom. The van der Waals surface area contributed by atoms with Crippen molar-refractivity contribution in [1.82, 2.24) is 0 Å². The van der Waals surface area contributed by atoms with Gasteiger partial charge in [0.05, 0.1) is 6.67 Å². The van der Waals surface area contributed by atoms with Crippen LogP contribution in [0.3, 0.4) is 0 Å². The molecule has 2 rings (SSSR count). The normalized spacial score (nSPS) is 11.2. The van der Waals surface area contributed by atoms with E-state index in [1.165, 1.54) is 16.3 Å². The molecule has 0 unspecified atom stereocenters. The highest BCUT2D eigenvalue weighted by Crippen LogP contribution is 2.28. The minimum atomic E-state index is -0.286. The van der Waals surface area contributed by atoms with E-state index in [-0.39, 0.29) is 6.67 Å². The fraction of sp³-hybridized carbons (Fsp3) is 0.333. The zero-order valence-corrected chi connectivity index (χ0v) is 9.83. The Hall–Kier alpha value is -1.37. The smallest absolute Gasteiger partial charge is 0.0934 e. The van der Waals surface area contributed by atoms with Crippen molar-refractivity contribution in [2.24, 2.45) is 0 Å². The Bertz CT molecular complexity index is 481. The summed E-state index contributed by atoms with van der Waals surface area (Å²) in [5, 5.41) is 2.47. The molecule has 0 aromatic heterocycles. The third-order valence-corrected chi connectivity index (χ3v) is 3.01. The van der Waals surface area contributed by atoms with Gasteiger partial charge in [-0.25, -0.2) is 0 Å². The van der Waals surface area contributed by atoms with Crippen LogP contribution in [0.5, 0.6) is 0 Å². The van der Waals surface area contributed by atoms with Crippen molar-refractivity contribution < 1.29 is 4.39 Å². The summed E-state index contributed by atoms with van der Waals surface area (Å²) in [4.78, 5) is 0. The molecule has 0 N–H and O–H groups in total. The van der Waals surface area contributed by atoms with Gasteiger partial charge in [-0.3, -0.25) is 4.39 Å². The van der Waals surface area contributed by atoms with Gasteiger partial charge < -0.3 is 0 Å². The van der Waals surface area contributed by atoms with Gasteiger partial charge in [-0.1, -0.05) is 50.2 Å². The van der Waals surface area contributed by atoms with Gasteiger partial charge in [-0.15, -0.1) is 0 Å². The van der Waals surface area contributed by atoms with Gasteiger partial charge in [0.15, 0.2) is 0 Å². The zero-order valence-electron chi connectivity index (χ0n) is 9.83. The monoisotopic (exact) mass is 216 g/mol. The van der Waals surface area contributed by atoms with E-state index >= 15 is 0 Å². The SMILES string of the molecule is CC(C)c1cccc2cccc(CCF)c12. The fourth-order valence-corrected chi connectivity index (χ4v) is 2.24. The van der Waals surface area contributed by atoms with Crippen molar-refractivity contribution in [3.05, 3.63) is 47.5 Å². The van der Waals surface area contributed by atoms with E-state index in [0.29, 0.717) is 12.3 Å². The average molecular weight is 216 g/mol. The lowest BCUT2D eigenvalue weighted by atomic mass is 9.92. The lowest BCUT2D eigenvalue weighted by Gasteiger charge is -2.13. The van der Waals surface area contributed by atoms with Crippen molar-refractivity contribution in [3.8, 4) is 0 Å². The molecule has 0 saturated carbocycles. The maximum atomic E-state index is 12.5. The molecule has 0 amide bonds. The lowest BCUT2D eigenvalue weighted by molar-refractivity contribution is 0.496. The van der Waals surface area contributed by atoms with Gasteiger partial charge in [0.1, 0.15) is 0 Å². The van der Waals surface area contributed by atoms with Gasteiger partial charge >= 0.3 is 0 Å². The molecule has 0 heterocycles. The molecule has 16 heavy (non-hydrogen) atoms. The molecule has 1 heteroatoms. The first-order valence-corrected chi connectivity index (χ1v) is 5.80. The highest BCUT2D eigenvalue weighted by atomic mass is 19.1. The molecular formula is C15H17F. The van der Waals surface area contributed by atoms with Crippen LogP contribution in [0.25, 0.3) is 10.8 Å². The second kappa shape index (κ2) is 4.65. The van der Waals surface area contributed by atoms with E-state index in [9.17, 15) is 4.39 Å². The van der Waals surface area contributed by atoms with E-state index in [2.05, 4.69) is 38.1 Å². The molecule has 2 aromatic rings. The number of aryl methyl sites for hydroxylation is 1. The molecule has 0 atom stereocenters. The third-order valence-electron chi connectivity index (χ3n) is 3.01. The van der Waals surface area contributed by atoms with Crippen LogP contribution in [0.4, 0.5) is 4.39 Å². The number of hydrogen-bond donors (Lipinski definition) is 0. The molecule has 0 fully saturated rings. The van der Waals surface area contributed by atoms with E-state index < -0.39 is 0 Å². The molecule has 0 radical (unpaired) electrons. The highest BCUT2D eigenvalue weighted by molar-refractivity contribution is 5.89. The van der Waals surface area contributed by atoms with Crippen molar-refractivity contribution in [2.75, 3.05) is 6.67 Å². The second-order valence-electron chi connectivity index (χ2n) is 4.46. The standard InChI is InChI=1S/C15H17F/c1-11(2)14-8-4-7-12-5-3-6-13(9-10-16)15(12)14/h3-8,11H,9-10H2,1-2H3. The van der Waals surface area contributed by atoms with Crippen LogP contribution in [-0.4, -0.2) is 6.67 Å². The minimum Gasteiger partial charge on any atom is -0.251 e. The number of alkyl halides is 1. The van der Waals surface area contributed by atoms with Crippen LogP contribution in [0, 0.1) is 0 Å².